The molecule has 0 bridgehead atoms. The molecule has 0 aliphatic rings. The van der Waals surface area contributed by atoms with E-state index in [1.807, 2.05) is 13.8 Å². The molecule has 0 unspecified atom stereocenters. The largest absolute Gasteiger partial charge is 0.497 e. The molecule has 5 heteroatoms. The highest BCUT2D eigenvalue weighted by Gasteiger charge is 2.14. The van der Waals surface area contributed by atoms with Gasteiger partial charge in [0.1, 0.15) is 11.5 Å². The van der Waals surface area contributed by atoms with E-state index in [4.69, 9.17) is 9.26 Å². The maximum atomic E-state index is 11.9. The SMILES string of the molecule is COc1ccc(NC(=O)c2cc(C(C)C)on2)cc1. The van der Waals surface area contributed by atoms with Crippen molar-refractivity contribution in [1.82, 2.24) is 5.16 Å². The summed E-state index contributed by atoms with van der Waals surface area (Å²) in [5, 5.41) is 6.50. The van der Waals surface area contributed by atoms with E-state index in [9.17, 15) is 4.79 Å². The van der Waals surface area contributed by atoms with E-state index in [-0.39, 0.29) is 17.5 Å². The van der Waals surface area contributed by atoms with Gasteiger partial charge in [0.15, 0.2) is 5.69 Å². The maximum Gasteiger partial charge on any atom is 0.277 e. The molecule has 0 aliphatic heterocycles. The normalized spacial score (nSPS) is 10.5. The standard InChI is InChI=1S/C14H16N2O3/c1-9(2)13-8-12(16-19-13)14(17)15-10-4-6-11(18-3)7-5-10/h4-9H,1-3H3,(H,15,17). The molecule has 100 valence electrons. The summed E-state index contributed by atoms with van der Waals surface area (Å²) in [6.07, 6.45) is 0. The molecular formula is C14H16N2O3. The second-order valence-electron chi connectivity index (χ2n) is 4.45. The number of rotatable bonds is 4. The Balaban J connectivity index is 2.06. The summed E-state index contributed by atoms with van der Waals surface area (Å²) in [7, 11) is 1.59. The number of amides is 1. The third-order valence-electron chi connectivity index (χ3n) is 2.68. The fourth-order valence-corrected chi connectivity index (χ4v) is 1.54. The molecule has 1 aromatic carbocycles. The van der Waals surface area contributed by atoms with Crippen LogP contribution in [0.2, 0.25) is 0 Å². The van der Waals surface area contributed by atoms with Crippen LogP contribution in [0.4, 0.5) is 5.69 Å². The summed E-state index contributed by atoms with van der Waals surface area (Å²) in [6, 6.07) is 8.74. The zero-order chi connectivity index (χ0) is 13.8. The molecule has 1 aromatic heterocycles. The van der Waals surface area contributed by atoms with Gasteiger partial charge in [-0.2, -0.15) is 0 Å². The van der Waals surface area contributed by atoms with Crippen molar-refractivity contribution < 1.29 is 14.1 Å². The van der Waals surface area contributed by atoms with Crippen LogP contribution in [-0.2, 0) is 0 Å². The Bertz CT molecular complexity index is 558. The van der Waals surface area contributed by atoms with E-state index in [0.717, 1.165) is 5.75 Å². The number of nitrogens with one attached hydrogen (secondary N) is 1. The van der Waals surface area contributed by atoms with E-state index >= 15 is 0 Å². The van der Waals surface area contributed by atoms with E-state index < -0.39 is 0 Å². The Kier molecular flexibility index (Phi) is 3.85. The number of hydrogen-bond acceptors (Lipinski definition) is 4. The van der Waals surface area contributed by atoms with Crippen molar-refractivity contribution in [3.8, 4) is 5.75 Å². The zero-order valence-electron chi connectivity index (χ0n) is 11.1. The van der Waals surface area contributed by atoms with Gasteiger partial charge in [0.05, 0.1) is 7.11 Å². The van der Waals surface area contributed by atoms with Crippen LogP contribution in [0.1, 0.15) is 36.0 Å². The second kappa shape index (κ2) is 5.56. The lowest BCUT2D eigenvalue weighted by Gasteiger charge is -2.04. The molecule has 0 saturated heterocycles. The minimum absolute atomic E-state index is 0.204. The molecule has 0 spiro atoms. The highest BCUT2D eigenvalue weighted by atomic mass is 16.5. The van der Waals surface area contributed by atoms with E-state index in [0.29, 0.717) is 11.4 Å². The monoisotopic (exact) mass is 260 g/mol. The lowest BCUT2D eigenvalue weighted by Crippen LogP contribution is -2.12. The van der Waals surface area contributed by atoms with Crippen LogP contribution in [-0.4, -0.2) is 18.2 Å². The Morgan fingerprint density at radius 2 is 2.00 bits per heavy atom. The molecule has 2 rings (SSSR count). The van der Waals surface area contributed by atoms with Gasteiger partial charge >= 0.3 is 0 Å². The van der Waals surface area contributed by atoms with Gasteiger partial charge in [0, 0.05) is 17.7 Å². The molecule has 1 N–H and O–H groups in total. The summed E-state index contributed by atoms with van der Waals surface area (Å²) < 4.78 is 10.1. The van der Waals surface area contributed by atoms with Crippen molar-refractivity contribution in [2.45, 2.75) is 19.8 Å². The summed E-state index contributed by atoms with van der Waals surface area (Å²) in [6.45, 7) is 3.96. The number of carbonyl (C=O) groups excluding carboxylic acids is 1. The minimum atomic E-state index is -0.291. The number of aromatic nitrogens is 1. The molecule has 0 radical (unpaired) electrons. The van der Waals surface area contributed by atoms with Crippen molar-refractivity contribution in [2.24, 2.45) is 0 Å². The molecule has 19 heavy (non-hydrogen) atoms. The van der Waals surface area contributed by atoms with Gasteiger partial charge in [-0.3, -0.25) is 4.79 Å². The highest BCUT2D eigenvalue weighted by Crippen LogP contribution is 2.18. The smallest absolute Gasteiger partial charge is 0.277 e. The fourth-order valence-electron chi connectivity index (χ4n) is 1.54. The van der Waals surface area contributed by atoms with Gasteiger partial charge in [0.25, 0.3) is 5.91 Å². The van der Waals surface area contributed by atoms with Crippen LogP contribution in [0.15, 0.2) is 34.9 Å². The predicted molar refractivity (Wildman–Crippen MR) is 71.5 cm³/mol. The fraction of sp³-hybridized carbons (Fsp3) is 0.286. The third kappa shape index (κ3) is 3.13. The number of anilines is 1. The molecule has 1 amide bonds. The van der Waals surface area contributed by atoms with Crippen LogP contribution < -0.4 is 10.1 Å². The first-order valence-electron chi connectivity index (χ1n) is 6.02. The van der Waals surface area contributed by atoms with E-state index in [2.05, 4.69) is 10.5 Å². The summed E-state index contributed by atoms with van der Waals surface area (Å²) in [5.41, 5.74) is 0.958. The Morgan fingerprint density at radius 3 is 2.53 bits per heavy atom. The molecule has 0 atom stereocenters. The quantitative estimate of drug-likeness (QED) is 0.917. The molecule has 0 aliphatic carbocycles. The number of carbonyl (C=O) groups is 1. The third-order valence-corrected chi connectivity index (χ3v) is 2.68. The molecule has 2 aromatic rings. The average molecular weight is 260 g/mol. The lowest BCUT2D eigenvalue weighted by atomic mass is 10.1. The highest BCUT2D eigenvalue weighted by molar-refractivity contribution is 6.02. The summed E-state index contributed by atoms with van der Waals surface area (Å²) >= 11 is 0. The first-order valence-corrected chi connectivity index (χ1v) is 6.02. The van der Waals surface area contributed by atoms with Gasteiger partial charge in [0.2, 0.25) is 0 Å². The van der Waals surface area contributed by atoms with Gasteiger partial charge in [-0.05, 0) is 24.3 Å². The molecular weight excluding hydrogens is 244 g/mol. The Morgan fingerprint density at radius 1 is 1.32 bits per heavy atom. The Hall–Kier alpha value is -2.30. The van der Waals surface area contributed by atoms with Crippen LogP contribution in [0.5, 0.6) is 5.75 Å². The van der Waals surface area contributed by atoms with Crippen molar-refractivity contribution in [3.05, 3.63) is 41.8 Å². The predicted octanol–water partition coefficient (Wildman–Crippen LogP) is 3.06. The molecule has 0 saturated carbocycles. The number of benzene rings is 1. The number of methoxy groups -OCH3 is 1. The molecule has 5 nitrogen and oxygen atoms in total. The zero-order valence-corrected chi connectivity index (χ0v) is 11.1. The van der Waals surface area contributed by atoms with Gasteiger partial charge in [-0.1, -0.05) is 19.0 Å². The first kappa shape index (κ1) is 13.1. The maximum absolute atomic E-state index is 11.9. The second-order valence-corrected chi connectivity index (χ2v) is 4.45. The van der Waals surface area contributed by atoms with E-state index in [1.54, 1.807) is 37.4 Å². The topological polar surface area (TPSA) is 64.4 Å². The van der Waals surface area contributed by atoms with Crippen molar-refractivity contribution in [1.29, 1.82) is 0 Å². The lowest BCUT2D eigenvalue weighted by molar-refractivity contribution is 0.101. The average Bonchev–Trinajstić information content (AvgIpc) is 2.89. The van der Waals surface area contributed by atoms with Crippen molar-refractivity contribution >= 4 is 11.6 Å². The summed E-state index contributed by atoms with van der Waals surface area (Å²) in [5.74, 6) is 1.34. The summed E-state index contributed by atoms with van der Waals surface area (Å²) in [4.78, 5) is 11.9. The van der Waals surface area contributed by atoms with Crippen molar-refractivity contribution in [3.63, 3.8) is 0 Å². The van der Waals surface area contributed by atoms with Crippen molar-refractivity contribution in [2.75, 3.05) is 12.4 Å². The number of nitrogens with zero attached hydrogens (tertiary/aromatic N) is 1. The van der Waals surface area contributed by atoms with Gasteiger partial charge < -0.3 is 14.6 Å². The van der Waals surface area contributed by atoms with Gasteiger partial charge in [-0.15, -0.1) is 0 Å². The van der Waals surface area contributed by atoms with E-state index in [1.165, 1.54) is 0 Å². The van der Waals surface area contributed by atoms with Crippen LogP contribution in [0.3, 0.4) is 0 Å². The van der Waals surface area contributed by atoms with Crippen LogP contribution >= 0.6 is 0 Å². The first-order chi connectivity index (χ1) is 9.10. The number of hydrogen-bond donors (Lipinski definition) is 1. The van der Waals surface area contributed by atoms with Crippen LogP contribution in [0, 0.1) is 0 Å². The number of ether oxygens (including phenoxy) is 1. The molecule has 0 fully saturated rings. The van der Waals surface area contributed by atoms with Crippen LogP contribution in [0.25, 0.3) is 0 Å². The molecule has 1 heterocycles. The minimum Gasteiger partial charge on any atom is -0.497 e. The van der Waals surface area contributed by atoms with Gasteiger partial charge in [-0.25, -0.2) is 0 Å². The Labute approximate surface area is 111 Å².